The predicted octanol–water partition coefficient (Wildman–Crippen LogP) is 7.71. The van der Waals surface area contributed by atoms with Crippen LogP contribution in [0.4, 0.5) is 5.69 Å². The lowest BCUT2D eigenvalue weighted by Crippen LogP contribution is -2.54. The SMILES string of the molecule is CC[C@@H](C)NC(=O)[C@H](Cc1ccccc1)N(Cc1cccc(Cl)c1)C(=O)CN(c1cc(Cl)ccc1Cl)S(=O)(=O)c1ccc(C)cc1. The van der Waals surface area contributed by atoms with Crippen molar-refractivity contribution in [2.24, 2.45) is 0 Å². The molecule has 2 atom stereocenters. The quantitative estimate of drug-likeness (QED) is 0.155. The third-order valence-electron chi connectivity index (χ3n) is 7.58. The molecule has 0 bridgehead atoms. The molecule has 46 heavy (non-hydrogen) atoms. The monoisotopic (exact) mass is 699 g/mol. The van der Waals surface area contributed by atoms with E-state index >= 15 is 0 Å². The summed E-state index contributed by atoms with van der Waals surface area (Å²) in [6.07, 6.45) is 0.875. The maximum atomic E-state index is 14.6. The molecule has 0 radical (unpaired) electrons. The summed E-state index contributed by atoms with van der Waals surface area (Å²) >= 11 is 19.2. The van der Waals surface area contributed by atoms with E-state index in [0.717, 1.165) is 15.4 Å². The molecule has 7 nitrogen and oxygen atoms in total. The summed E-state index contributed by atoms with van der Waals surface area (Å²) in [4.78, 5) is 29.9. The maximum Gasteiger partial charge on any atom is 0.264 e. The Balaban J connectivity index is 1.84. The van der Waals surface area contributed by atoms with Gasteiger partial charge in [-0.3, -0.25) is 13.9 Å². The van der Waals surface area contributed by atoms with Crippen LogP contribution in [0.2, 0.25) is 15.1 Å². The van der Waals surface area contributed by atoms with Crippen molar-refractivity contribution >= 4 is 62.3 Å². The number of hydrogen-bond donors (Lipinski definition) is 1. The second-order valence-corrected chi connectivity index (χ2v) is 14.2. The Hall–Kier alpha value is -3.56. The van der Waals surface area contributed by atoms with Crippen LogP contribution in [-0.4, -0.2) is 43.8 Å². The van der Waals surface area contributed by atoms with Crippen molar-refractivity contribution in [1.29, 1.82) is 0 Å². The van der Waals surface area contributed by atoms with Crippen LogP contribution in [0.3, 0.4) is 0 Å². The Morgan fingerprint density at radius 3 is 2.13 bits per heavy atom. The number of aryl methyl sites for hydroxylation is 1. The fourth-order valence-electron chi connectivity index (χ4n) is 4.85. The molecule has 0 saturated carbocycles. The normalized spacial score (nSPS) is 12.7. The summed E-state index contributed by atoms with van der Waals surface area (Å²) < 4.78 is 29.4. The zero-order chi connectivity index (χ0) is 33.4. The molecule has 0 aliphatic carbocycles. The first-order valence-corrected chi connectivity index (χ1v) is 17.4. The molecular weight excluding hydrogens is 665 g/mol. The van der Waals surface area contributed by atoms with Gasteiger partial charge in [0.15, 0.2) is 0 Å². The molecule has 242 valence electrons. The molecule has 0 fully saturated rings. The van der Waals surface area contributed by atoms with Gasteiger partial charge in [0.2, 0.25) is 11.8 Å². The number of sulfonamides is 1. The lowest BCUT2D eigenvalue weighted by Gasteiger charge is -2.34. The zero-order valence-corrected chi connectivity index (χ0v) is 28.9. The molecular formula is C35H36Cl3N3O4S. The van der Waals surface area contributed by atoms with Gasteiger partial charge in [0, 0.05) is 29.1 Å². The van der Waals surface area contributed by atoms with Crippen LogP contribution in [0.25, 0.3) is 0 Å². The molecule has 2 amide bonds. The van der Waals surface area contributed by atoms with Crippen LogP contribution in [0.1, 0.15) is 37.0 Å². The number of benzene rings is 4. The number of nitrogens with one attached hydrogen (secondary N) is 1. The highest BCUT2D eigenvalue weighted by atomic mass is 35.5. The summed E-state index contributed by atoms with van der Waals surface area (Å²) in [6, 6.07) is 25.9. The fraction of sp³-hybridized carbons (Fsp3) is 0.257. The molecule has 4 aromatic rings. The third kappa shape index (κ3) is 9.04. The average molecular weight is 701 g/mol. The molecule has 0 aliphatic rings. The molecule has 0 saturated heterocycles. The summed E-state index contributed by atoms with van der Waals surface area (Å²) in [6.45, 7) is 5.02. The molecule has 11 heteroatoms. The minimum atomic E-state index is -4.32. The van der Waals surface area contributed by atoms with Gasteiger partial charge in [-0.1, -0.05) is 102 Å². The molecule has 0 heterocycles. The van der Waals surface area contributed by atoms with Gasteiger partial charge in [0.1, 0.15) is 12.6 Å². The van der Waals surface area contributed by atoms with Gasteiger partial charge < -0.3 is 10.2 Å². The first-order valence-electron chi connectivity index (χ1n) is 14.8. The summed E-state index contributed by atoms with van der Waals surface area (Å²) in [7, 11) is -4.32. The van der Waals surface area contributed by atoms with E-state index in [-0.39, 0.29) is 45.5 Å². The second-order valence-electron chi connectivity index (χ2n) is 11.1. The molecule has 4 aromatic carbocycles. The average Bonchev–Trinajstić information content (AvgIpc) is 3.03. The number of anilines is 1. The van der Waals surface area contributed by atoms with Crippen molar-refractivity contribution in [3.05, 3.63) is 129 Å². The Morgan fingerprint density at radius 1 is 0.826 bits per heavy atom. The summed E-state index contributed by atoms with van der Waals surface area (Å²) in [5.41, 5.74) is 2.40. The van der Waals surface area contributed by atoms with Gasteiger partial charge in [-0.2, -0.15) is 0 Å². The van der Waals surface area contributed by atoms with Gasteiger partial charge in [-0.05, 0) is 73.9 Å². The molecule has 0 aromatic heterocycles. The fourth-order valence-corrected chi connectivity index (χ4v) is 6.93. The lowest BCUT2D eigenvalue weighted by atomic mass is 10.0. The van der Waals surface area contributed by atoms with Gasteiger partial charge >= 0.3 is 0 Å². The molecule has 0 unspecified atom stereocenters. The highest BCUT2D eigenvalue weighted by Gasteiger charge is 2.35. The van der Waals surface area contributed by atoms with E-state index in [2.05, 4.69) is 5.32 Å². The number of carbonyl (C=O) groups is 2. The standard InChI is InChI=1S/C35H36Cl3N3O4S/c1-4-25(3)39-35(43)33(20-26-9-6-5-7-10-26)40(22-27-11-8-12-28(36)19-27)34(42)23-41(32-21-29(37)15-18-31(32)38)46(44,45)30-16-13-24(2)14-17-30/h5-19,21,25,33H,4,20,22-23H2,1-3H3,(H,39,43)/t25-,33+/m1/s1. The van der Waals surface area contributed by atoms with Gasteiger partial charge in [0.25, 0.3) is 10.0 Å². The van der Waals surface area contributed by atoms with E-state index in [9.17, 15) is 18.0 Å². The first kappa shape index (κ1) is 35.3. The number of amides is 2. The topological polar surface area (TPSA) is 86.8 Å². The van der Waals surface area contributed by atoms with Crippen LogP contribution in [0, 0.1) is 6.92 Å². The van der Waals surface area contributed by atoms with Crippen LogP contribution in [0.15, 0.2) is 102 Å². The van der Waals surface area contributed by atoms with Crippen molar-refractivity contribution in [1.82, 2.24) is 10.2 Å². The maximum absolute atomic E-state index is 14.6. The highest BCUT2D eigenvalue weighted by molar-refractivity contribution is 7.92. The smallest absolute Gasteiger partial charge is 0.264 e. The van der Waals surface area contributed by atoms with Gasteiger partial charge in [-0.15, -0.1) is 0 Å². The van der Waals surface area contributed by atoms with Crippen LogP contribution in [0.5, 0.6) is 0 Å². The number of rotatable bonds is 13. The lowest BCUT2D eigenvalue weighted by molar-refractivity contribution is -0.140. The van der Waals surface area contributed by atoms with Crippen LogP contribution in [-0.2, 0) is 32.6 Å². The third-order valence-corrected chi connectivity index (χ3v) is 10.1. The Bertz CT molecular complexity index is 1770. The predicted molar refractivity (Wildman–Crippen MR) is 186 cm³/mol. The van der Waals surface area contributed by atoms with E-state index in [1.807, 2.05) is 51.1 Å². The summed E-state index contributed by atoms with van der Waals surface area (Å²) in [5.74, 6) is -0.978. The number of halogens is 3. The molecule has 0 aliphatic heterocycles. The van der Waals surface area contributed by atoms with E-state index in [1.54, 1.807) is 36.4 Å². The van der Waals surface area contributed by atoms with Crippen molar-refractivity contribution < 1.29 is 18.0 Å². The van der Waals surface area contributed by atoms with Crippen LogP contribution < -0.4 is 9.62 Å². The first-order chi connectivity index (χ1) is 21.9. The van der Waals surface area contributed by atoms with Crippen molar-refractivity contribution in [2.45, 2.75) is 57.1 Å². The highest BCUT2D eigenvalue weighted by Crippen LogP contribution is 2.33. The molecule has 1 N–H and O–H groups in total. The second kappa shape index (κ2) is 15.8. The van der Waals surface area contributed by atoms with Crippen molar-refractivity contribution in [2.75, 3.05) is 10.8 Å². The number of hydrogen-bond acceptors (Lipinski definition) is 4. The largest absolute Gasteiger partial charge is 0.352 e. The van der Waals surface area contributed by atoms with Gasteiger partial charge in [-0.25, -0.2) is 8.42 Å². The van der Waals surface area contributed by atoms with E-state index in [4.69, 9.17) is 34.8 Å². The minimum Gasteiger partial charge on any atom is -0.352 e. The van der Waals surface area contributed by atoms with E-state index in [1.165, 1.54) is 35.2 Å². The van der Waals surface area contributed by atoms with Crippen LogP contribution >= 0.6 is 34.8 Å². The number of carbonyl (C=O) groups excluding carboxylic acids is 2. The van der Waals surface area contributed by atoms with Gasteiger partial charge in [0.05, 0.1) is 15.6 Å². The van der Waals surface area contributed by atoms with E-state index in [0.29, 0.717) is 17.0 Å². The Kier molecular flexibility index (Phi) is 12.1. The van der Waals surface area contributed by atoms with Crippen molar-refractivity contribution in [3.63, 3.8) is 0 Å². The van der Waals surface area contributed by atoms with E-state index < -0.39 is 28.5 Å². The Morgan fingerprint density at radius 2 is 1.48 bits per heavy atom. The summed E-state index contributed by atoms with van der Waals surface area (Å²) in [5, 5.41) is 3.80. The Labute approximate surface area is 286 Å². The molecule has 0 spiro atoms. The minimum absolute atomic E-state index is 0.00742. The van der Waals surface area contributed by atoms with Crippen molar-refractivity contribution in [3.8, 4) is 0 Å². The number of nitrogens with zero attached hydrogens (tertiary/aromatic N) is 2. The molecule has 4 rings (SSSR count). The zero-order valence-electron chi connectivity index (χ0n) is 25.8.